The quantitative estimate of drug-likeness (QED) is 0.486. The van der Waals surface area contributed by atoms with E-state index in [9.17, 15) is 0 Å². The zero-order chi connectivity index (χ0) is 13.0. The minimum absolute atomic E-state index is 0.0503. The first kappa shape index (κ1) is 13.2. The SMILES string of the molecule is CCC(OC)c1nc2c(c(NN)n1)CCCCC2. The van der Waals surface area contributed by atoms with Gasteiger partial charge in [0, 0.05) is 18.4 Å². The summed E-state index contributed by atoms with van der Waals surface area (Å²) in [5.74, 6) is 7.11. The summed E-state index contributed by atoms with van der Waals surface area (Å²) in [6, 6.07) is 0. The number of nitrogens with two attached hydrogens (primary N) is 1. The molecule has 0 radical (unpaired) electrons. The highest BCUT2D eigenvalue weighted by Gasteiger charge is 2.19. The molecule has 18 heavy (non-hydrogen) atoms. The lowest BCUT2D eigenvalue weighted by molar-refractivity contribution is 0.0924. The van der Waals surface area contributed by atoms with E-state index in [0.717, 1.165) is 36.6 Å². The Balaban J connectivity index is 2.42. The Bertz CT molecular complexity index is 404. The molecule has 0 saturated heterocycles. The monoisotopic (exact) mass is 250 g/mol. The molecular weight excluding hydrogens is 228 g/mol. The second-order valence-corrected chi connectivity index (χ2v) is 4.69. The smallest absolute Gasteiger partial charge is 0.159 e. The van der Waals surface area contributed by atoms with Crippen LogP contribution in [-0.4, -0.2) is 17.1 Å². The number of anilines is 1. The van der Waals surface area contributed by atoms with Crippen molar-refractivity contribution in [2.75, 3.05) is 12.5 Å². The molecule has 1 aliphatic carbocycles. The van der Waals surface area contributed by atoms with Gasteiger partial charge in [-0.2, -0.15) is 0 Å². The normalized spacial score (nSPS) is 16.8. The third-order valence-electron chi connectivity index (χ3n) is 3.53. The average Bonchev–Trinajstić information content (AvgIpc) is 2.64. The van der Waals surface area contributed by atoms with E-state index in [4.69, 9.17) is 15.6 Å². The third kappa shape index (κ3) is 2.62. The number of aromatic nitrogens is 2. The van der Waals surface area contributed by atoms with Crippen LogP contribution in [0.4, 0.5) is 5.82 Å². The van der Waals surface area contributed by atoms with E-state index in [2.05, 4.69) is 17.3 Å². The number of aryl methyl sites for hydroxylation is 1. The first-order chi connectivity index (χ1) is 8.80. The molecule has 5 nitrogen and oxygen atoms in total. The molecule has 0 saturated carbocycles. The van der Waals surface area contributed by atoms with E-state index >= 15 is 0 Å². The molecule has 1 unspecified atom stereocenters. The minimum atomic E-state index is -0.0503. The van der Waals surface area contributed by atoms with Crippen LogP contribution >= 0.6 is 0 Å². The van der Waals surface area contributed by atoms with Gasteiger partial charge < -0.3 is 10.2 Å². The van der Waals surface area contributed by atoms with Crippen molar-refractivity contribution < 1.29 is 4.74 Å². The summed E-state index contributed by atoms with van der Waals surface area (Å²) >= 11 is 0. The van der Waals surface area contributed by atoms with Crippen LogP contribution < -0.4 is 11.3 Å². The van der Waals surface area contributed by atoms with Crippen LogP contribution in [0, 0.1) is 0 Å². The molecule has 5 heteroatoms. The first-order valence-electron chi connectivity index (χ1n) is 6.69. The lowest BCUT2D eigenvalue weighted by Gasteiger charge is -2.17. The van der Waals surface area contributed by atoms with Crippen molar-refractivity contribution in [3.8, 4) is 0 Å². The lowest BCUT2D eigenvalue weighted by atomic mass is 10.1. The van der Waals surface area contributed by atoms with Crippen molar-refractivity contribution in [3.05, 3.63) is 17.1 Å². The van der Waals surface area contributed by atoms with Gasteiger partial charge in [0.25, 0.3) is 0 Å². The van der Waals surface area contributed by atoms with Crippen LogP contribution in [-0.2, 0) is 17.6 Å². The molecule has 2 rings (SSSR count). The zero-order valence-corrected chi connectivity index (χ0v) is 11.2. The Morgan fingerprint density at radius 1 is 1.28 bits per heavy atom. The number of nitrogens with zero attached hydrogens (tertiary/aromatic N) is 2. The molecule has 100 valence electrons. The first-order valence-corrected chi connectivity index (χ1v) is 6.69. The van der Waals surface area contributed by atoms with E-state index in [1.54, 1.807) is 7.11 Å². The van der Waals surface area contributed by atoms with Gasteiger partial charge in [0.05, 0.1) is 0 Å². The fourth-order valence-electron chi connectivity index (χ4n) is 2.51. The number of methoxy groups -OCH3 is 1. The predicted octanol–water partition coefficient (Wildman–Crippen LogP) is 2.13. The molecule has 1 aromatic heterocycles. The topological polar surface area (TPSA) is 73.1 Å². The highest BCUT2D eigenvalue weighted by atomic mass is 16.5. The molecule has 0 amide bonds. The largest absolute Gasteiger partial charge is 0.373 e. The third-order valence-corrected chi connectivity index (χ3v) is 3.53. The molecule has 1 heterocycles. The maximum atomic E-state index is 5.60. The van der Waals surface area contributed by atoms with Crippen molar-refractivity contribution >= 4 is 5.82 Å². The molecular formula is C13H22N4O. The minimum Gasteiger partial charge on any atom is -0.373 e. The van der Waals surface area contributed by atoms with Crippen LogP contribution in [0.1, 0.15) is 55.8 Å². The molecule has 1 aliphatic rings. The van der Waals surface area contributed by atoms with Gasteiger partial charge >= 0.3 is 0 Å². The maximum Gasteiger partial charge on any atom is 0.159 e. The second-order valence-electron chi connectivity index (χ2n) is 4.69. The van der Waals surface area contributed by atoms with Crippen molar-refractivity contribution in [1.29, 1.82) is 0 Å². The molecule has 3 N–H and O–H groups in total. The average molecular weight is 250 g/mol. The highest BCUT2D eigenvalue weighted by Crippen LogP contribution is 2.27. The van der Waals surface area contributed by atoms with Gasteiger partial charge in [-0.15, -0.1) is 0 Å². The molecule has 0 bridgehead atoms. The molecule has 0 aliphatic heterocycles. The van der Waals surface area contributed by atoms with Crippen LogP contribution in [0.3, 0.4) is 0 Å². The second kappa shape index (κ2) is 6.11. The number of fused-ring (bicyclic) bond motifs is 1. The van der Waals surface area contributed by atoms with E-state index in [0.29, 0.717) is 0 Å². The fraction of sp³-hybridized carbons (Fsp3) is 0.692. The van der Waals surface area contributed by atoms with E-state index in [-0.39, 0.29) is 6.10 Å². The number of hydrogen-bond acceptors (Lipinski definition) is 5. The summed E-state index contributed by atoms with van der Waals surface area (Å²) in [6.07, 6.45) is 6.46. The Labute approximate surface area is 108 Å². The summed E-state index contributed by atoms with van der Waals surface area (Å²) in [5, 5.41) is 0. The summed E-state index contributed by atoms with van der Waals surface area (Å²) in [7, 11) is 1.69. The number of rotatable bonds is 4. The van der Waals surface area contributed by atoms with Crippen molar-refractivity contribution in [3.63, 3.8) is 0 Å². The number of nitrogens with one attached hydrogen (secondary N) is 1. The predicted molar refractivity (Wildman–Crippen MR) is 71.1 cm³/mol. The Hall–Kier alpha value is -1.20. The van der Waals surface area contributed by atoms with Gasteiger partial charge in [-0.1, -0.05) is 13.3 Å². The van der Waals surface area contributed by atoms with Gasteiger partial charge in [-0.25, -0.2) is 15.8 Å². The zero-order valence-electron chi connectivity index (χ0n) is 11.2. The van der Waals surface area contributed by atoms with E-state index in [1.165, 1.54) is 24.8 Å². The van der Waals surface area contributed by atoms with Gasteiger partial charge in [0.2, 0.25) is 0 Å². The summed E-state index contributed by atoms with van der Waals surface area (Å²) < 4.78 is 5.41. The van der Waals surface area contributed by atoms with E-state index in [1.807, 2.05) is 0 Å². The van der Waals surface area contributed by atoms with E-state index < -0.39 is 0 Å². The molecule has 1 aromatic rings. The van der Waals surface area contributed by atoms with Crippen molar-refractivity contribution in [2.24, 2.45) is 5.84 Å². The van der Waals surface area contributed by atoms with Gasteiger partial charge in [-0.05, 0) is 32.1 Å². The number of hydrogen-bond donors (Lipinski definition) is 2. The van der Waals surface area contributed by atoms with Crippen LogP contribution in [0.25, 0.3) is 0 Å². The van der Waals surface area contributed by atoms with Crippen LogP contribution in [0.2, 0.25) is 0 Å². The fourth-order valence-corrected chi connectivity index (χ4v) is 2.51. The summed E-state index contributed by atoms with van der Waals surface area (Å²) in [4.78, 5) is 9.21. The Kier molecular flexibility index (Phi) is 4.49. The Morgan fingerprint density at radius 3 is 2.72 bits per heavy atom. The van der Waals surface area contributed by atoms with Crippen molar-refractivity contribution in [1.82, 2.24) is 9.97 Å². The van der Waals surface area contributed by atoms with Crippen LogP contribution in [0.15, 0.2) is 0 Å². The van der Waals surface area contributed by atoms with Gasteiger partial charge in [0.15, 0.2) is 5.82 Å². The van der Waals surface area contributed by atoms with Gasteiger partial charge in [0.1, 0.15) is 11.9 Å². The van der Waals surface area contributed by atoms with Gasteiger partial charge in [-0.3, -0.25) is 0 Å². The molecule has 0 spiro atoms. The molecule has 0 fully saturated rings. The summed E-state index contributed by atoms with van der Waals surface area (Å²) in [5.41, 5.74) is 5.04. The molecule has 1 atom stereocenters. The summed E-state index contributed by atoms with van der Waals surface area (Å²) in [6.45, 7) is 2.07. The highest BCUT2D eigenvalue weighted by molar-refractivity contribution is 5.46. The van der Waals surface area contributed by atoms with Crippen molar-refractivity contribution in [2.45, 2.75) is 51.6 Å². The molecule has 0 aromatic carbocycles. The number of hydrazine groups is 1. The standard InChI is InChI=1S/C13H22N4O/c1-3-11(18-2)13-15-10-8-6-4-5-7-9(10)12(16-13)17-14/h11H,3-8,14H2,1-2H3,(H,15,16,17). The number of ether oxygens (including phenoxy) is 1. The number of nitrogen functional groups attached to an aromatic ring is 1. The maximum absolute atomic E-state index is 5.60. The Morgan fingerprint density at radius 2 is 2.06 bits per heavy atom. The lowest BCUT2D eigenvalue weighted by Crippen LogP contribution is -2.17. The van der Waals surface area contributed by atoms with Crippen LogP contribution in [0.5, 0.6) is 0 Å².